The van der Waals surface area contributed by atoms with Gasteiger partial charge in [0.2, 0.25) is 0 Å². The summed E-state index contributed by atoms with van der Waals surface area (Å²) in [4.78, 5) is 0. The Hall–Kier alpha value is -0.920. The Morgan fingerprint density at radius 3 is 1.52 bits per heavy atom. The molecule has 14 heteroatoms. The van der Waals surface area contributed by atoms with Crippen molar-refractivity contribution in [3.05, 3.63) is 0 Å². The summed E-state index contributed by atoms with van der Waals surface area (Å²) < 4.78 is 177. The molecule has 4 saturated carbocycles. The monoisotopic (exact) mass is 606 g/mol. The third kappa shape index (κ3) is 7.34. The molecular formula is C26H34F12O2. The van der Waals surface area contributed by atoms with E-state index in [9.17, 15) is 35.1 Å². The highest BCUT2D eigenvalue weighted by Crippen LogP contribution is 2.51. The van der Waals surface area contributed by atoms with Gasteiger partial charge >= 0.3 is 12.5 Å². The molecule has 0 heterocycles. The Bertz CT molecular complexity index is 794. The van der Waals surface area contributed by atoms with Crippen molar-refractivity contribution >= 4 is 0 Å². The van der Waals surface area contributed by atoms with E-state index in [4.69, 9.17) is 0 Å². The van der Waals surface area contributed by atoms with Gasteiger partial charge in [0.15, 0.2) is 0 Å². The van der Waals surface area contributed by atoms with Gasteiger partial charge < -0.3 is 4.74 Å². The molecule has 0 radical (unpaired) electrons. The van der Waals surface area contributed by atoms with Crippen LogP contribution in [0.2, 0.25) is 0 Å². The van der Waals surface area contributed by atoms with Crippen LogP contribution in [0.4, 0.5) is 52.7 Å². The van der Waals surface area contributed by atoms with Crippen LogP contribution in [0.5, 0.6) is 0 Å². The molecule has 0 aromatic carbocycles. The summed E-state index contributed by atoms with van der Waals surface area (Å²) in [5.41, 5.74) is 0. The molecule has 4 rings (SSSR count). The van der Waals surface area contributed by atoms with Gasteiger partial charge in [0, 0.05) is 18.8 Å². The number of hydrogen-bond donors (Lipinski definition) is 0. The topological polar surface area (TPSA) is 18.5 Å². The maximum absolute atomic E-state index is 15.2. The fourth-order valence-corrected chi connectivity index (χ4v) is 7.51. The van der Waals surface area contributed by atoms with Crippen molar-refractivity contribution in [1.29, 1.82) is 0 Å². The quantitative estimate of drug-likeness (QED) is 0.284. The highest BCUT2D eigenvalue weighted by Gasteiger charge is 2.59. The zero-order valence-electron chi connectivity index (χ0n) is 21.5. The van der Waals surface area contributed by atoms with Gasteiger partial charge in [-0.2, -0.15) is 8.78 Å². The Kier molecular flexibility index (Phi) is 9.89. The highest BCUT2D eigenvalue weighted by atomic mass is 19.4. The van der Waals surface area contributed by atoms with Gasteiger partial charge in [-0.15, -0.1) is 13.2 Å². The average molecular weight is 607 g/mol. The first-order valence-electron chi connectivity index (χ1n) is 13.8. The zero-order valence-corrected chi connectivity index (χ0v) is 21.5. The molecule has 8 unspecified atom stereocenters. The lowest BCUT2D eigenvalue weighted by atomic mass is 9.63. The summed E-state index contributed by atoms with van der Waals surface area (Å²) in [6.45, 7) is 0. The molecule has 0 aliphatic heterocycles. The number of rotatable bonds is 6. The predicted octanol–water partition coefficient (Wildman–Crippen LogP) is 8.27. The molecule has 234 valence electrons. The molecule has 0 spiro atoms. The van der Waals surface area contributed by atoms with Gasteiger partial charge in [-0.25, -0.2) is 30.7 Å². The van der Waals surface area contributed by atoms with Crippen LogP contribution < -0.4 is 0 Å². The third-order valence-corrected chi connectivity index (χ3v) is 9.26. The Morgan fingerprint density at radius 1 is 0.500 bits per heavy atom. The summed E-state index contributed by atoms with van der Waals surface area (Å²) in [7, 11) is 0. The average Bonchev–Trinajstić information content (AvgIpc) is 2.79. The van der Waals surface area contributed by atoms with Crippen molar-refractivity contribution in [2.24, 2.45) is 29.6 Å². The van der Waals surface area contributed by atoms with Crippen LogP contribution in [0.3, 0.4) is 0 Å². The van der Waals surface area contributed by atoms with Crippen LogP contribution in [-0.4, -0.2) is 67.9 Å². The molecule has 4 aliphatic carbocycles. The lowest BCUT2D eigenvalue weighted by Crippen LogP contribution is -2.54. The normalized spacial score (nSPS) is 47.7. The number of alkyl halides is 12. The molecule has 4 fully saturated rings. The summed E-state index contributed by atoms with van der Waals surface area (Å²) in [6.07, 6.45) is -32.0. The Morgan fingerprint density at radius 2 is 1.02 bits per heavy atom. The Balaban J connectivity index is 1.35. The fourth-order valence-electron chi connectivity index (χ4n) is 7.51. The second kappa shape index (κ2) is 12.4. The van der Waals surface area contributed by atoms with Crippen molar-refractivity contribution < 1.29 is 62.2 Å². The maximum Gasteiger partial charge on any atom is 0.522 e. The predicted molar refractivity (Wildman–Crippen MR) is 119 cm³/mol. The molecule has 0 aromatic heterocycles. The number of hydrogen-bond acceptors (Lipinski definition) is 2. The van der Waals surface area contributed by atoms with Crippen molar-refractivity contribution in [3.8, 4) is 0 Å². The van der Waals surface area contributed by atoms with E-state index in [-0.39, 0.29) is 25.2 Å². The van der Waals surface area contributed by atoms with E-state index >= 15 is 17.6 Å². The summed E-state index contributed by atoms with van der Waals surface area (Å²) >= 11 is 0. The van der Waals surface area contributed by atoms with E-state index in [1.807, 2.05) is 0 Å². The molecule has 40 heavy (non-hydrogen) atoms. The van der Waals surface area contributed by atoms with Gasteiger partial charge in [0.05, 0.1) is 6.10 Å². The van der Waals surface area contributed by atoms with Gasteiger partial charge in [0.25, 0.3) is 0 Å². The van der Waals surface area contributed by atoms with Crippen LogP contribution in [0.25, 0.3) is 0 Å². The van der Waals surface area contributed by atoms with E-state index < -0.39 is 117 Å². The Labute approximate surface area is 224 Å². The highest BCUT2D eigenvalue weighted by molar-refractivity contribution is 5.00. The third-order valence-electron chi connectivity index (χ3n) is 9.26. The van der Waals surface area contributed by atoms with Gasteiger partial charge in [-0.05, 0) is 62.7 Å². The van der Waals surface area contributed by atoms with Crippen LogP contribution in [-0.2, 0) is 9.47 Å². The van der Waals surface area contributed by atoms with E-state index in [0.29, 0.717) is 19.3 Å². The van der Waals surface area contributed by atoms with E-state index in [1.165, 1.54) is 0 Å². The van der Waals surface area contributed by atoms with E-state index in [2.05, 4.69) is 9.47 Å². The van der Waals surface area contributed by atoms with Crippen molar-refractivity contribution in [1.82, 2.24) is 0 Å². The van der Waals surface area contributed by atoms with Crippen LogP contribution in [0.15, 0.2) is 0 Å². The molecule has 0 saturated heterocycles. The lowest BCUT2D eigenvalue weighted by molar-refractivity contribution is -0.366. The minimum atomic E-state index is -5.37. The second-order valence-electron chi connectivity index (χ2n) is 12.0. The molecule has 0 N–H and O–H groups in total. The van der Waals surface area contributed by atoms with Crippen LogP contribution in [0.1, 0.15) is 64.2 Å². The molecule has 0 aromatic rings. The van der Waals surface area contributed by atoms with Crippen LogP contribution in [0, 0.1) is 29.6 Å². The zero-order chi connectivity index (χ0) is 29.6. The minimum Gasteiger partial charge on any atom is -0.317 e. The van der Waals surface area contributed by atoms with Crippen molar-refractivity contribution in [2.45, 2.75) is 132 Å². The summed E-state index contributed by atoms with van der Waals surface area (Å²) in [6, 6.07) is 0. The number of ether oxygens (including phenoxy) is 2. The first-order valence-corrected chi connectivity index (χ1v) is 13.8. The van der Waals surface area contributed by atoms with Crippen molar-refractivity contribution in [2.75, 3.05) is 0 Å². The first kappa shape index (κ1) is 32.0. The summed E-state index contributed by atoms with van der Waals surface area (Å²) in [5.74, 6) is -6.01. The SMILES string of the molecule is FC1CCCC(C2CC(F)C(C3CC(F)C(C(F)(F)OC4CC(F)C(OC(F)(F)F)C(F)C4)C(F)C3)C(F)C2)C1. The molecule has 0 amide bonds. The van der Waals surface area contributed by atoms with Gasteiger partial charge in [0.1, 0.15) is 55.2 Å². The van der Waals surface area contributed by atoms with E-state index in [0.717, 1.165) is 0 Å². The standard InChI is InChI=1S/C26H34F12O2/c27-14-3-1-2-11(4-14)12-5-16(28)22(17(29)6-12)13-7-18(30)23(19(31)8-13)25(34,35)39-15-9-20(32)24(21(33)10-15)40-26(36,37)38/h11-24H,1-10H2. The smallest absolute Gasteiger partial charge is 0.317 e. The summed E-state index contributed by atoms with van der Waals surface area (Å²) in [5, 5.41) is 0. The van der Waals surface area contributed by atoms with E-state index in [1.54, 1.807) is 0 Å². The van der Waals surface area contributed by atoms with Crippen molar-refractivity contribution in [3.63, 3.8) is 0 Å². The molecule has 2 nitrogen and oxygen atoms in total. The maximum atomic E-state index is 15.2. The molecular weight excluding hydrogens is 572 g/mol. The lowest BCUT2D eigenvalue weighted by Gasteiger charge is -2.46. The minimum absolute atomic E-state index is 0.106. The number of halogens is 12. The fraction of sp³-hybridized carbons (Fsp3) is 1.00. The molecule has 4 aliphatic rings. The second-order valence-corrected chi connectivity index (χ2v) is 12.0. The van der Waals surface area contributed by atoms with Gasteiger partial charge in [-0.3, -0.25) is 4.74 Å². The molecule has 8 atom stereocenters. The molecule has 0 bridgehead atoms. The van der Waals surface area contributed by atoms with Crippen LogP contribution >= 0.6 is 0 Å². The van der Waals surface area contributed by atoms with Gasteiger partial charge in [-0.1, -0.05) is 6.42 Å². The largest absolute Gasteiger partial charge is 0.522 e. The first-order chi connectivity index (χ1) is 18.6.